The van der Waals surface area contributed by atoms with Crippen LogP contribution in [0.4, 0.5) is 17.1 Å². The van der Waals surface area contributed by atoms with Crippen LogP contribution in [0.5, 0.6) is 0 Å². The van der Waals surface area contributed by atoms with Crippen molar-refractivity contribution in [2.24, 2.45) is 0 Å². The number of rotatable bonds is 6. The third-order valence-corrected chi connectivity index (χ3v) is 12.0. The van der Waals surface area contributed by atoms with Gasteiger partial charge >= 0.3 is 0 Å². The molecule has 3 heteroatoms. The van der Waals surface area contributed by atoms with Gasteiger partial charge in [0.2, 0.25) is 0 Å². The van der Waals surface area contributed by atoms with Crippen LogP contribution in [0, 0.1) is 0 Å². The molecule has 0 N–H and O–H groups in total. The second kappa shape index (κ2) is 12.9. The second-order valence-corrected chi connectivity index (χ2v) is 15.1. The standard InChI is InChI=1S/C52H33NOS/c1-2-20-39-34(14-1)15-11-24-40(39)35-16-9-18-37(32-35)53(38-19-10-17-36(33-38)41-25-13-31-50-51(41)46-23-5-8-30-49(46)55-50)47-28-6-3-21-42(47)44-26-12-27-45-43-22-4-7-29-48(43)54-52(44)45/h1-33H. The number of furan rings is 1. The summed E-state index contributed by atoms with van der Waals surface area (Å²) in [6.07, 6.45) is 0. The second-order valence-electron chi connectivity index (χ2n) is 14.0. The van der Waals surface area contributed by atoms with Gasteiger partial charge in [-0.25, -0.2) is 0 Å². The van der Waals surface area contributed by atoms with Gasteiger partial charge in [-0.1, -0.05) is 152 Å². The Hall–Kier alpha value is -6.94. The fourth-order valence-corrected chi connectivity index (χ4v) is 9.53. The van der Waals surface area contributed by atoms with Crippen LogP contribution >= 0.6 is 11.3 Å². The van der Waals surface area contributed by atoms with E-state index in [4.69, 9.17) is 4.42 Å². The molecule has 0 unspecified atom stereocenters. The van der Waals surface area contributed by atoms with E-state index in [1.165, 1.54) is 53.2 Å². The summed E-state index contributed by atoms with van der Waals surface area (Å²) in [4.78, 5) is 2.42. The summed E-state index contributed by atoms with van der Waals surface area (Å²) in [5.41, 5.74) is 12.0. The Morgan fingerprint density at radius 2 is 0.945 bits per heavy atom. The van der Waals surface area contributed by atoms with Gasteiger partial charge in [0.15, 0.2) is 0 Å². The molecule has 0 aliphatic heterocycles. The Balaban J connectivity index is 1.15. The van der Waals surface area contributed by atoms with Gasteiger partial charge in [0.1, 0.15) is 11.2 Å². The van der Waals surface area contributed by atoms with E-state index in [1.807, 2.05) is 17.4 Å². The van der Waals surface area contributed by atoms with Gasteiger partial charge in [0, 0.05) is 53.4 Å². The molecule has 0 radical (unpaired) electrons. The first-order valence-electron chi connectivity index (χ1n) is 18.7. The molecular formula is C52H33NOS. The third kappa shape index (κ3) is 5.24. The molecule has 0 amide bonds. The summed E-state index contributed by atoms with van der Waals surface area (Å²) >= 11 is 1.86. The van der Waals surface area contributed by atoms with Gasteiger partial charge in [-0.2, -0.15) is 0 Å². The molecule has 2 aromatic heterocycles. The lowest BCUT2D eigenvalue weighted by molar-refractivity contribution is 0.670. The van der Waals surface area contributed by atoms with Gasteiger partial charge in [-0.15, -0.1) is 11.3 Å². The van der Waals surface area contributed by atoms with Crippen LogP contribution < -0.4 is 4.90 Å². The van der Waals surface area contributed by atoms with Gasteiger partial charge in [-0.05, 0) is 81.6 Å². The van der Waals surface area contributed by atoms with Crippen LogP contribution in [0.1, 0.15) is 0 Å². The molecule has 0 aliphatic carbocycles. The lowest BCUT2D eigenvalue weighted by atomic mass is 9.96. The number of para-hydroxylation sites is 3. The summed E-state index contributed by atoms with van der Waals surface area (Å²) in [7, 11) is 0. The molecule has 258 valence electrons. The molecule has 0 bridgehead atoms. The van der Waals surface area contributed by atoms with Crippen LogP contribution in [-0.2, 0) is 0 Å². The van der Waals surface area contributed by atoms with Crippen molar-refractivity contribution in [2.75, 3.05) is 4.90 Å². The lowest BCUT2D eigenvalue weighted by Gasteiger charge is -2.29. The quantitative estimate of drug-likeness (QED) is 0.170. The van der Waals surface area contributed by atoms with Crippen molar-refractivity contribution in [1.82, 2.24) is 0 Å². The molecule has 0 spiro atoms. The minimum absolute atomic E-state index is 0.893. The minimum atomic E-state index is 0.893. The molecule has 0 aliphatic rings. The number of fused-ring (bicyclic) bond motifs is 7. The fourth-order valence-electron chi connectivity index (χ4n) is 8.40. The van der Waals surface area contributed by atoms with E-state index in [2.05, 4.69) is 199 Å². The van der Waals surface area contributed by atoms with E-state index in [-0.39, 0.29) is 0 Å². The Kier molecular flexibility index (Phi) is 7.39. The highest BCUT2D eigenvalue weighted by Crippen LogP contribution is 2.47. The summed E-state index contributed by atoms with van der Waals surface area (Å²) in [5.74, 6) is 0. The van der Waals surface area contributed by atoms with Crippen molar-refractivity contribution < 1.29 is 4.42 Å². The number of anilines is 3. The largest absolute Gasteiger partial charge is 0.455 e. The van der Waals surface area contributed by atoms with E-state index >= 15 is 0 Å². The maximum absolute atomic E-state index is 6.63. The van der Waals surface area contributed by atoms with Crippen LogP contribution in [-0.4, -0.2) is 0 Å². The highest BCUT2D eigenvalue weighted by atomic mass is 32.1. The van der Waals surface area contributed by atoms with Crippen LogP contribution in [0.2, 0.25) is 0 Å². The number of benzene rings is 9. The number of thiophene rings is 1. The molecule has 11 aromatic rings. The van der Waals surface area contributed by atoms with Gasteiger partial charge < -0.3 is 9.32 Å². The summed E-state index contributed by atoms with van der Waals surface area (Å²) in [5, 5.41) is 7.32. The molecule has 0 atom stereocenters. The Bertz CT molecular complexity index is 3240. The first-order chi connectivity index (χ1) is 27.3. The monoisotopic (exact) mass is 719 g/mol. The number of hydrogen-bond acceptors (Lipinski definition) is 3. The molecule has 0 saturated heterocycles. The SMILES string of the molecule is c1cc(-c2cccc3ccccc23)cc(N(c2cccc(-c3cccc4sc5ccccc5c34)c2)c2ccccc2-c2cccc3c2oc2ccccc23)c1. The zero-order valence-corrected chi connectivity index (χ0v) is 30.6. The summed E-state index contributed by atoms with van der Waals surface area (Å²) in [6.45, 7) is 0. The van der Waals surface area contributed by atoms with E-state index in [0.29, 0.717) is 0 Å². The average molecular weight is 720 g/mol. The lowest BCUT2D eigenvalue weighted by Crippen LogP contribution is -2.11. The topological polar surface area (TPSA) is 16.4 Å². The average Bonchev–Trinajstić information content (AvgIpc) is 3.83. The van der Waals surface area contributed by atoms with E-state index in [9.17, 15) is 0 Å². The van der Waals surface area contributed by atoms with E-state index in [1.54, 1.807) is 0 Å². The molecule has 0 saturated carbocycles. The smallest absolute Gasteiger partial charge is 0.143 e. The van der Waals surface area contributed by atoms with Crippen molar-refractivity contribution >= 4 is 81.3 Å². The molecule has 11 rings (SSSR count). The zero-order chi connectivity index (χ0) is 36.3. The fraction of sp³-hybridized carbons (Fsp3) is 0. The Morgan fingerprint density at radius 3 is 1.82 bits per heavy atom. The van der Waals surface area contributed by atoms with Crippen molar-refractivity contribution in [3.8, 4) is 33.4 Å². The molecule has 9 aromatic carbocycles. The minimum Gasteiger partial charge on any atom is -0.455 e. The molecule has 2 nitrogen and oxygen atoms in total. The van der Waals surface area contributed by atoms with Crippen molar-refractivity contribution in [3.05, 3.63) is 200 Å². The van der Waals surface area contributed by atoms with Crippen molar-refractivity contribution in [3.63, 3.8) is 0 Å². The van der Waals surface area contributed by atoms with E-state index in [0.717, 1.165) is 50.1 Å². The van der Waals surface area contributed by atoms with Crippen LogP contribution in [0.15, 0.2) is 205 Å². The predicted octanol–water partition coefficient (Wildman–Crippen LogP) is 15.6. The zero-order valence-electron chi connectivity index (χ0n) is 29.8. The molecule has 2 heterocycles. The Labute approximate surface area is 322 Å². The van der Waals surface area contributed by atoms with Crippen molar-refractivity contribution in [1.29, 1.82) is 0 Å². The van der Waals surface area contributed by atoms with Gasteiger partial charge in [0.05, 0.1) is 5.69 Å². The Morgan fingerprint density at radius 1 is 0.382 bits per heavy atom. The number of nitrogens with zero attached hydrogens (tertiary/aromatic N) is 1. The first kappa shape index (κ1) is 31.6. The maximum Gasteiger partial charge on any atom is 0.143 e. The highest BCUT2D eigenvalue weighted by molar-refractivity contribution is 7.25. The molecule has 0 fully saturated rings. The molecule has 55 heavy (non-hydrogen) atoms. The van der Waals surface area contributed by atoms with Gasteiger partial charge in [0.25, 0.3) is 0 Å². The summed E-state index contributed by atoms with van der Waals surface area (Å²) < 4.78 is 9.24. The van der Waals surface area contributed by atoms with Gasteiger partial charge in [-0.3, -0.25) is 0 Å². The predicted molar refractivity (Wildman–Crippen MR) is 235 cm³/mol. The normalized spacial score (nSPS) is 11.6. The van der Waals surface area contributed by atoms with Crippen molar-refractivity contribution in [2.45, 2.75) is 0 Å². The number of hydrogen-bond donors (Lipinski definition) is 0. The van der Waals surface area contributed by atoms with Crippen LogP contribution in [0.3, 0.4) is 0 Å². The third-order valence-electron chi connectivity index (χ3n) is 10.9. The molecular weight excluding hydrogens is 687 g/mol. The summed E-state index contributed by atoms with van der Waals surface area (Å²) in [6, 6.07) is 72.2. The van der Waals surface area contributed by atoms with Crippen LogP contribution in [0.25, 0.3) is 86.3 Å². The first-order valence-corrected chi connectivity index (χ1v) is 19.5. The van der Waals surface area contributed by atoms with E-state index < -0.39 is 0 Å². The maximum atomic E-state index is 6.63. The highest BCUT2D eigenvalue weighted by Gasteiger charge is 2.22.